The molecule has 0 bridgehead atoms. The van der Waals surface area contributed by atoms with Crippen molar-refractivity contribution in [2.45, 2.75) is 27.7 Å². The van der Waals surface area contributed by atoms with Gasteiger partial charge in [-0.15, -0.1) is 0 Å². The Hall–Kier alpha value is -1.29. The number of benzene rings is 1. The fourth-order valence-electron chi connectivity index (χ4n) is 2.48. The van der Waals surface area contributed by atoms with Crippen LogP contribution in [-0.2, 0) is 7.05 Å². The predicted molar refractivity (Wildman–Crippen MR) is 81.8 cm³/mol. The minimum Gasteiger partial charge on any atom is -0.496 e. The number of hydrogen-bond donors (Lipinski definition) is 0. The van der Waals surface area contributed by atoms with Crippen LogP contribution in [0.3, 0.4) is 0 Å². The summed E-state index contributed by atoms with van der Waals surface area (Å²) in [7, 11) is 3.76. The Labute approximate surface area is 122 Å². The van der Waals surface area contributed by atoms with Gasteiger partial charge in [0.2, 0.25) is 0 Å². The summed E-state index contributed by atoms with van der Waals surface area (Å²) in [4.78, 5) is 4.48. The molecule has 0 fully saturated rings. The highest BCUT2D eigenvalue weighted by atomic mass is 79.9. The predicted octanol–water partition coefficient (Wildman–Crippen LogP) is 4.09. The Balaban J connectivity index is 2.77. The van der Waals surface area contributed by atoms with Crippen molar-refractivity contribution in [3.63, 3.8) is 0 Å². The fraction of sp³-hybridized carbons (Fsp3) is 0.400. The van der Waals surface area contributed by atoms with Crippen LogP contribution in [0.5, 0.6) is 5.75 Å². The molecule has 2 rings (SSSR count). The van der Waals surface area contributed by atoms with Gasteiger partial charge in [-0.2, -0.15) is 0 Å². The molecule has 1 aromatic carbocycles. The first-order valence-corrected chi connectivity index (χ1v) is 7.01. The number of hydrogen-bond acceptors (Lipinski definition) is 2. The number of ether oxygens (including phenoxy) is 1. The lowest BCUT2D eigenvalue weighted by atomic mass is 9.97. The van der Waals surface area contributed by atoms with Crippen LogP contribution in [0.25, 0.3) is 11.3 Å². The summed E-state index contributed by atoms with van der Waals surface area (Å²) < 4.78 is 8.48. The zero-order valence-corrected chi connectivity index (χ0v) is 13.8. The lowest BCUT2D eigenvalue weighted by Gasteiger charge is -2.16. The van der Waals surface area contributed by atoms with Crippen LogP contribution >= 0.6 is 15.9 Å². The minimum absolute atomic E-state index is 0.888. The second kappa shape index (κ2) is 5.00. The lowest BCUT2D eigenvalue weighted by molar-refractivity contribution is 0.408. The van der Waals surface area contributed by atoms with Crippen molar-refractivity contribution in [1.29, 1.82) is 0 Å². The molecule has 3 nitrogen and oxygen atoms in total. The van der Waals surface area contributed by atoms with E-state index in [1.54, 1.807) is 7.11 Å². The van der Waals surface area contributed by atoms with Crippen LogP contribution in [0.2, 0.25) is 0 Å². The van der Waals surface area contributed by atoms with Gasteiger partial charge in [-0.1, -0.05) is 0 Å². The molecule has 0 aliphatic carbocycles. The van der Waals surface area contributed by atoms with Gasteiger partial charge in [0, 0.05) is 12.6 Å². The molecular formula is C15H19BrN2O. The van der Waals surface area contributed by atoms with Gasteiger partial charge in [-0.3, -0.25) is 0 Å². The number of aryl methyl sites for hydroxylation is 2. The maximum absolute atomic E-state index is 5.48. The summed E-state index contributed by atoms with van der Waals surface area (Å²) in [6, 6.07) is 2.17. The Morgan fingerprint density at radius 3 is 2.26 bits per heavy atom. The zero-order chi connectivity index (χ0) is 14.3. The first-order valence-electron chi connectivity index (χ1n) is 6.22. The quantitative estimate of drug-likeness (QED) is 0.832. The van der Waals surface area contributed by atoms with E-state index in [-0.39, 0.29) is 0 Å². The molecular weight excluding hydrogens is 304 g/mol. The smallest absolute Gasteiger partial charge is 0.132 e. The molecule has 0 radical (unpaired) electrons. The van der Waals surface area contributed by atoms with Crippen molar-refractivity contribution in [1.82, 2.24) is 9.55 Å². The molecule has 4 heteroatoms. The van der Waals surface area contributed by atoms with E-state index in [2.05, 4.69) is 52.3 Å². The summed E-state index contributed by atoms with van der Waals surface area (Å²) in [5, 5.41) is 0. The van der Waals surface area contributed by atoms with E-state index in [9.17, 15) is 0 Å². The standard InChI is InChI=1S/C15H19BrN2O/c1-8-7-12(9(2)10(3)14(8)19-6)13-15(16)17-11(4)18(13)5/h7H,1-6H3. The molecule has 102 valence electrons. The monoisotopic (exact) mass is 322 g/mol. The van der Waals surface area contributed by atoms with Gasteiger partial charge in [0.1, 0.15) is 16.2 Å². The summed E-state index contributed by atoms with van der Waals surface area (Å²) in [5.74, 6) is 1.96. The van der Waals surface area contributed by atoms with Crippen molar-refractivity contribution in [2.24, 2.45) is 7.05 Å². The molecule has 0 unspecified atom stereocenters. The lowest BCUT2D eigenvalue weighted by Crippen LogP contribution is -2.00. The first-order chi connectivity index (χ1) is 8.88. The third-order valence-electron chi connectivity index (χ3n) is 3.76. The van der Waals surface area contributed by atoms with Gasteiger partial charge in [-0.25, -0.2) is 4.98 Å². The van der Waals surface area contributed by atoms with Gasteiger partial charge in [0.25, 0.3) is 0 Å². The summed E-state index contributed by atoms with van der Waals surface area (Å²) in [6.45, 7) is 8.31. The number of rotatable bonds is 2. The Bertz CT molecular complexity index is 644. The van der Waals surface area contributed by atoms with Crippen LogP contribution in [0.4, 0.5) is 0 Å². The second-order valence-electron chi connectivity index (χ2n) is 4.88. The molecule has 0 spiro atoms. The Morgan fingerprint density at radius 1 is 1.16 bits per heavy atom. The second-order valence-corrected chi connectivity index (χ2v) is 5.63. The van der Waals surface area contributed by atoms with Gasteiger partial charge in [0.15, 0.2) is 0 Å². The first kappa shape index (κ1) is 14.1. The van der Waals surface area contributed by atoms with Crippen LogP contribution in [0.15, 0.2) is 10.7 Å². The maximum Gasteiger partial charge on any atom is 0.132 e. The normalized spacial score (nSPS) is 10.9. The molecule has 0 aliphatic rings. The Kier molecular flexibility index (Phi) is 3.72. The van der Waals surface area contributed by atoms with E-state index in [0.717, 1.165) is 27.4 Å². The van der Waals surface area contributed by atoms with Crippen molar-refractivity contribution < 1.29 is 4.74 Å². The highest BCUT2D eigenvalue weighted by Crippen LogP contribution is 2.37. The summed E-state index contributed by atoms with van der Waals surface area (Å²) >= 11 is 3.56. The maximum atomic E-state index is 5.48. The minimum atomic E-state index is 0.888. The number of halogens is 1. The van der Waals surface area contributed by atoms with Crippen molar-refractivity contribution >= 4 is 15.9 Å². The number of methoxy groups -OCH3 is 1. The highest BCUT2D eigenvalue weighted by Gasteiger charge is 2.18. The largest absolute Gasteiger partial charge is 0.496 e. The molecule has 1 aromatic heterocycles. The highest BCUT2D eigenvalue weighted by molar-refractivity contribution is 9.10. The average molecular weight is 323 g/mol. The topological polar surface area (TPSA) is 27.1 Å². The molecule has 0 aliphatic heterocycles. The Morgan fingerprint density at radius 2 is 1.79 bits per heavy atom. The van der Waals surface area contributed by atoms with E-state index in [1.165, 1.54) is 16.7 Å². The molecule has 2 aromatic rings. The van der Waals surface area contributed by atoms with E-state index in [1.807, 2.05) is 14.0 Å². The van der Waals surface area contributed by atoms with Crippen LogP contribution in [0, 0.1) is 27.7 Å². The summed E-state index contributed by atoms with van der Waals surface area (Å²) in [5.41, 5.74) is 5.87. The van der Waals surface area contributed by atoms with E-state index >= 15 is 0 Å². The fourth-order valence-corrected chi connectivity index (χ4v) is 3.22. The molecule has 0 atom stereocenters. The number of aromatic nitrogens is 2. The van der Waals surface area contributed by atoms with E-state index in [4.69, 9.17) is 4.74 Å². The van der Waals surface area contributed by atoms with Gasteiger partial charge in [0.05, 0.1) is 12.8 Å². The number of imidazole rings is 1. The van der Waals surface area contributed by atoms with Crippen molar-refractivity contribution in [2.75, 3.05) is 7.11 Å². The van der Waals surface area contributed by atoms with Gasteiger partial charge >= 0.3 is 0 Å². The van der Waals surface area contributed by atoms with Crippen molar-refractivity contribution in [3.8, 4) is 17.0 Å². The van der Waals surface area contributed by atoms with Crippen molar-refractivity contribution in [3.05, 3.63) is 33.2 Å². The third-order valence-corrected chi connectivity index (χ3v) is 4.31. The summed E-state index contributed by atoms with van der Waals surface area (Å²) in [6.07, 6.45) is 0. The molecule has 1 heterocycles. The van der Waals surface area contributed by atoms with E-state index in [0.29, 0.717) is 0 Å². The molecule has 19 heavy (non-hydrogen) atoms. The SMILES string of the molecule is COc1c(C)cc(-c2c(Br)nc(C)n2C)c(C)c1C. The molecule has 0 saturated carbocycles. The van der Waals surface area contributed by atoms with E-state index < -0.39 is 0 Å². The average Bonchev–Trinajstić information content (AvgIpc) is 2.59. The van der Waals surface area contributed by atoms with Gasteiger partial charge in [-0.05, 0) is 66.4 Å². The van der Waals surface area contributed by atoms with Crippen LogP contribution in [-0.4, -0.2) is 16.7 Å². The number of nitrogens with zero attached hydrogens (tertiary/aromatic N) is 2. The van der Waals surface area contributed by atoms with Crippen LogP contribution in [0.1, 0.15) is 22.5 Å². The molecule has 0 amide bonds. The zero-order valence-electron chi connectivity index (χ0n) is 12.3. The van der Waals surface area contributed by atoms with Crippen LogP contribution < -0.4 is 4.74 Å². The third kappa shape index (κ3) is 2.18. The van der Waals surface area contributed by atoms with Gasteiger partial charge < -0.3 is 9.30 Å². The molecule has 0 N–H and O–H groups in total. The molecule has 0 saturated heterocycles.